The van der Waals surface area contributed by atoms with Gasteiger partial charge in [0.15, 0.2) is 0 Å². The van der Waals surface area contributed by atoms with Crippen LogP contribution in [0.4, 0.5) is 0 Å². The van der Waals surface area contributed by atoms with E-state index in [0.29, 0.717) is 6.42 Å². The first-order chi connectivity index (χ1) is 14.7. The fourth-order valence-corrected chi connectivity index (χ4v) is 5.25. The number of hydrogen-bond donors (Lipinski definition) is 1. The van der Waals surface area contributed by atoms with E-state index in [1.54, 1.807) is 13.8 Å². The molecule has 9 nitrogen and oxygen atoms in total. The minimum atomic E-state index is -3.79. The van der Waals surface area contributed by atoms with Crippen LogP contribution in [0.25, 0.3) is 0 Å². The van der Waals surface area contributed by atoms with Gasteiger partial charge in [0, 0.05) is 38.3 Å². The number of primary amides is 1. The summed E-state index contributed by atoms with van der Waals surface area (Å²) in [5, 5.41) is 0. The molecule has 0 saturated carbocycles. The van der Waals surface area contributed by atoms with Gasteiger partial charge in [-0.2, -0.15) is 4.31 Å². The zero-order valence-electron chi connectivity index (χ0n) is 17.5. The van der Waals surface area contributed by atoms with Gasteiger partial charge in [-0.3, -0.25) is 14.4 Å². The maximum absolute atomic E-state index is 13.1. The molecule has 1 aliphatic rings. The zero-order chi connectivity index (χ0) is 22.8. The normalized spacial score (nSPS) is 16.2. The summed E-state index contributed by atoms with van der Waals surface area (Å²) in [5.74, 6) is -1.12. The van der Waals surface area contributed by atoms with Crippen molar-refractivity contribution in [3.63, 3.8) is 0 Å². The summed E-state index contributed by atoms with van der Waals surface area (Å²) in [4.78, 5) is 38.7. The summed E-state index contributed by atoms with van der Waals surface area (Å²) in [5.41, 5.74) is 6.87. The van der Waals surface area contributed by atoms with Gasteiger partial charge < -0.3 is 15.2 Å². The van der Waals surface area contributed by atoms with Gasteiger partial charge in [0.1, 0.15) is 12.6 Å². The fourth-order valence-electron chi connectivity index (χ4n) is 3.77. The van der Waals surface area contributed by atoms with Crippen LogP contribution < -0.4 is 11.3 Å². The molecule has 1 aromatic heterocycles. The van der Waals surface area contributed by atoms with Crippen molar-refractivity contribution in [2.45, 2.75) is 44.3 Å². The second-order valence-corrected chi connectivity index (χ2v) is 9.27. The van der Waals surface area contributed by atoms with Crippen molar-refractivity contribution in [2.75, 3.05) is 13.1 Å². The first-order valence-electron chi connectivity index (χ1n) is 10.0. The van der Waals surface area contributed by atoms with Gasteiger partial charge in [-0.25, -0.2) is 8.42 Å². The Morgan fingerprint density at radius 2 is 1.74 bits per heavy atom. The van der Waals surface area contributed by atoms with Crippen molar-refractivity contribution >= 4 is 21.8 Å². The minimum absolute atomic E-state index is 0.0703. The number of nitrogens with zero attached hydrogens (tertiary/aromatic N) is 3. The molecule has 2 N–H and O–H groups in total. The highest BCUT2D eigenvalue weighted by atomic mass is 32.2. The van der Waals surface area contributed by atoms with E-state index in [1.165, 1.54) is 21.5 Å². The van der Waals surface area contributed by atoms with Crippen LogP contribution in [0.15, 0.2) is 52.3 Å². The van der Waals surface area contributed by atoms with Crippen LogP contribution >= 0.6 is 0 Å². The number of benzene rings is 1. The van der Waals surface area contributed by atoms with Crippen LogP contribution in [0.3, 0.4) is 0 Å². The molecule has 0 radical (unpaired) electrons. The van der Waals surface area contributed by atoms with Gasteiger partial charge in [0.2, 0.25) is 21.8 Å². The van der Waals surface area contributed by atoms with E-state index in [1.807, 2.05) is 24.3 Å². The minimum Gasteiger partial charge on any atom is -0.368 e. The molecule has 3 rings (SSSR count). The molecule has 31 heavy (non-hydrogen) atoms. The van der Waals surface area contributed by atoms with Crippen LogP contribution in [-0.2, 0) is 39.1 Å². The predicted molar refractivity (Wildman–Crippen MR) is 114 cm³/mol. The second-order valence-electron chi connectivity index (χ2n) is 7.33. The van der Waals surface area contributed by atoms with Crippen LogP contribution in [0, 0.1) is 0 Å². The number of pyridine rings is 1. The maximum atomic E-state index is 13.1. The van der Waals surface area contributed by atoms with Crippen molar-refractivity contribution in [1.29, 1.82) is 0 Å². The van der Waals surface area contributed by atoms with Gasteiger partial charge in [-0.1, -0.05) is 38.1 Å². The fraction of sp³-hybridized carbons (Fsp3) is 0.381. The summed E-state index contributed by atoms with van der Waals surface area (Å²) in [6, 6.07) is 8.99. The Kier molecular flexibility index (Phi) is 6.61. The molecule has 0 spiro atoms. The molecular formula is C21H26N4O5S. The lowest BCUT2D eigenvalue weighted by molar-refractivity contribution is -0.141. The number of hydrogen-bond acceptors (Lipinski definition) is 5. The zero-order valence-corrected chi connectivity index (χ0v) is 18.3. The van der Waals surface area contributed by atoms with Gasteiger partial charge in [-0.15, -0.1) is 0 Å². The summed E-state index contributed by atoms with van der Waals surface area (Å²) in [6.07, 6.45) is 1.47. The molecule has 0 aliphatic carbocycles. The number of aromatic nitrogens is 1. The van der Waals surface area contributed by atoms with Crippen molar-refractivity contribution in [3.05, 3.63) is 64.1 Å². The number of carbonyl (C=O) groups excluding carboxylic acids is 2. The molecule has 0 saturated heterocycles. The highest BCUT2D eigenvalue weighted by molar-refractivity contribution is 7.89. The van der Waals surface area contributed by atoms with Gasteiger partial charge >= 0.3 is 0 Å². The van der Waals surface area contributed by atoms with Gasteiger partial charge in [0.05, 0.1) is 4.90 Å². The van der Waals surface area contributed by atoms with Crippen molar-refractivity contribution in [2.24, 2.45) is 5.73 Å². The van der Waals surface area contributed by atoms with Crippen molar-refractivity contribution in [1.82, 2.24) is 13.8 Å². The Morgan fingerprint density at radius 1 is 1.10 bits per heavy atom. The quantitative estimate of drug-likeness (QED) is 0.656. The molecular weight excluding hydrogens is 420 g/mol. The maximum Gasteiger partial charge on any atom is 0.251 e. The van der Waals surface area contributed by atoms with Crippen molar-refractivity contribution < 1.29 is 18.0 Å². The van der Waals surface area contributed by atoms with Crippen LogP contribution in [0.2, 0.25) is 0 Å². The topological polar surface area (TPSA) is 123 Å². The summed E-state index contributed by atoms with van der Waals surface area (Å²) in [7, 11) is -3.79. The van der Waals surface area contributed by atoms with Crippen molar-refractivity contribution in [3.8, 4) is 0 Å². The number of rotatable bonds is 7. The Bertz CT molecular complexity index is 1150. The molecule has 1 aromatic carbocycles. The van der Waals surface area contributed by atoms with E-state index in [4.69, 9.17) is 5.73 Å². The number of sulfonamides is 1. The Hall–Kier alpha value is -2.98. The predicted octanol–water partition coefficient (Wildman–Crippen LogP) is 0.318. The number of nitrogens with two attached hydrogens (primary N) is 1. The number of carbonyl (C=O) groups is 2. The summed E-state index contributed by atoms with van der Waals surface area (Å²) < 4.78 is 27.9. The Balaban J connectivity index is 1.91. The average molecular weight is 447 g/mol. The van der Waals surface area contributed by atoms with E-state index >= 15 is 0 Å². The molecule has 2 aromatic rings. The largest absolute Gasteiger partial charge is 0.368 e. The monoisotopic (exact) mass is 446 g/mol. The van der Waals surface area contributed by atoms with Crippen LogP contribution in [-0.4, -0.2) is 53.1 Å². The standard InChI is InChI=1S/C21H26N4O5S/c1-3-24(4-2)31(29,30)17-9-10-19(26)23(13-17)14-20(27)25-12-16-8-6-5-7-15(16)11-18(25)21(22)28/h5-10,13,18H,3-4,11-12,14H2,1-2H3,(H2,22,28)/t18-/m1/s1. The lowest BCUT2D eigenvalue weighted by Gasteiger charge is -2.35. The van der Waals surface area contributed by atoms with E-state index < -0.39 is 40.0 Å². The number of amides is 2. The van der Waals surface area contributed by atoms with Crippen LogP contribution in [0.5, 0.6) is 0 Å². The third-order valence-corrected chi connectivity index (χ3v) is 7.54. The molecule has 2 heterocycles. The third-order valence-electron chi connectivity index (χ3n) is 5.50. The Labute approximate surface area is 181 Å². The van der Waals surface area contributed by atoms with E-state index in [2.05, 4.69) is 0 Å². The smallest absolute Gasteiger partial charge is 0.251 e. The molecule has 1 aliphatic heterocycles. The lowest BCUT2D eigenvalue weighted by Crippen LogP contribution is -2.52. The molecule has 10 heteroatoms. The highest BCUT2D eigenvalue weighted by Crippen LogP contribution is 2.23. The molecule has 2 amide bonds. The molecule has 0 unspecified atom stereocenters. The van der Waals surface area contributed by atoms with E-state index in [0.717, 1.165) is 21.8 Å². The third kappa shape index (κ3) is 4.54. The summed E-state index contributed by atoms with van der Waals surface area (Å²) in [6.45, 7) is 3.80. The SMILES string of the molecule is CCN(CC)S(=O)(=O)c1ccc(=O)n(CC(=O)N2Cc3ccccc3C[C@@H]2C(N)=O)c1. The molecule has 0 fully saturated rings. The van der Waals surface area contributed by atoms with E-state index in [9.17, 15) is 22.8 Å². The molecule has 1 atom stereocenters. The Morgan fingerprint density at radius 3 is 2.35 bits per heavy atom. The first kappa shape index (κ1) is 22.7. The van der Waals surface area contributed by atoms with Crippen LogP contribution in [0.1, 0.15) is 25.0 Å². The van der Waals surface area contributed by atoms with Gasteiger partial charge in [-0.05, 0) is 17.2 Å². The first-order valence-corrected chi connectivity index (χ1v) is 11.5. The van der Waals surface area contributed by atoms with Gasteiger partial charge in [0.25, 0.3) is 5.56 Å². The molecule has 0 bridgehead atoms. The molecule has 166 valence electrons. The lowest BCUT2D eigenvalue weighted by atomic mass is 9.93. The average Bonchev–Trinajstić information content (AvgIpc) is 2.74. The number of fused-ring (bicyclic) bond motifs is 1. The second kappa shape index (κ2) is 9.03. The summed E-state index contributed by atoms with van der Waals surface area (Å²) >= 11 is 0. The van der Waals surface area contributed by atoms with E-state index in [-0.39, 0.29) is 24.5 Å². The highest BCUT2D eigenvalue weighted by Gasteiger charge is 2.33.